The van der Waals surface area contributed by atoms with E-state index in [-0.39, 0.29) is 0 Å². The van der Waals surface area contributed by atoms with Crippen molar-refractivity contribution in [1.82, 2.24) is 15.0 Å². The van der Waals surface area contributed by atoms with Gasteiger partial charge < -0.3 is 4.74 Å². The van der Waals surface area contributed by atoms with Crippen molar-refractivity contribution in [3.05, 3.63) is 41.7 Å². The molecule has 0 aliphatic rings. The summed E-state index contributed by atoms with van der Waals surface area (Å²) < 4.78 is 7.51. The molecule has 0 aliphatic heterocycles. The van der Waals surface area contributed by atoms with Gasteiger partial charge in [-0.1, -0.05) is 11.3 Å². The molecule has 4 heteroatoms. The molecule has 2 aromatic rings. The Morgan fingerprint density at radius 2 is 1.94 bits per heavy atom. The van der Waals surface area contributed by atoms with E-state index < -0.39 is 0 Å². The molecule has 90 valence electrons. The van der Waals surface area contributed by atoms with Crippen molar-refractivity contribution in [3.63, 3.8) is 0 Å². The summed E-state index contributed by atoms with van der Waals surface area (Å²) in [6.45, 7) is 5.69. The fraction of sp³-hybridized carbons (Fsp3) is 0.385. The fourth-order valence-electron chi connectivity index (χ4n) is 1.78. The maximum atomic E-state index is 5.70. The Kier molecular flexibility index (Phi) is 3.75. The van der Waals surface area contributed by atoms with Gasteiger partial charge in [0.05, 0.1) is 12.8 Å². The molecule has 0 spiro atoms. The Hall–Kier alpha value is -1.84. The molecule has 1 aromatic carbocycles. The molecule has 4 nitrogen and oxygen atoms in total. The van der Waals surface area contributed by atoms with Crippen molar-refractivity contribution < 1.29 is 4.74 Å². The Bertz CT molecular complexity index is 445. The van der Waals surface area contributed by atoms with Crippen molar-refractivity contribution in [2.45, 2.75) is 26.8 Å². The van der Waals surface area contributed by atoms with Crippen molar-refractivity contribution in [1.29, 1.82) is 0 Å². The van der Waals surface area contributed by atoms with Crippen LogP contribution in [-0.4, -0.2) is 21.6 Å². The topological polar surface area (TPSA) is 39.9 Å². The Balaban J connectivity index is 1.78. The highest BCUT2D eigenvalue weighted by Crippen LogP contribution is 2.16. The minimum Gasteiger partial charge on any atom is -0.494 e. The van der Waals surface area contributed by atoms with Gasteiger partial charge in [-0.3, -0.25) is 4.68 Å². The van der Waals surface area contributed by atoms with Crippen LogP contribution < -0.4 is 4.74 Å². The molecule has 0 aliphatic carbocycles. The van der Waals surface area contributed by atoms with E-state index in [1.165, 1.54) is 11.1 Å². The third-order valence-corrected chi connectivity index (χ3v) is 2.47. The summed E-state index contributed by atoms with van der Waals surface area (Å²) in [6.07, 6.45) is 4.47. The van der Waals surface area contributed by atoms with Crippen LogP contribution in [0.25, 0.3) is 0 Å². The third kappa shape index (κ3) is 3.59. The second-order valence-electron chi connectivity index (χ2n) is 4.19. The van der Waals surface area contributed by atoms with Crippen LogP contribution in [0.5, 0.6) is 5.75 Å². The maximum Gasteiger partial charge on any atom is 0.119 e. The van der Waals surface area contributed by atoms with E-state index in [0.717, 1.165) is 18.7 Å². The van der Waals surface area contributed by atoms with Gasteiger partial charge in [-0.15, -0.1) is 5.10 Å². The smallest absolute Gasteiger partial charge is 0.119 e. The van der Waals surface area contributed by atoms with Crippen LogP contribution in [-0.2, 0) is 6.54 Å². The van der Waals surface area contributed by atoms with Gasteiger partial charge in [-0.2, -0.15) is 0 Å². The zero-order valence-electron chi connectivity index (χ0n) is 10.3. The molecule has 0 amide bonds. The molecule has 0 unspecified atom stereocenters. The van der Waals surface area contributed by atoms with Crippen molar-refractivity contribution >= 4 is 0 Å². The second-order valence-corrected chi connectivity index (χ2v) is 4.19. The van der Waals surface area contributed by atoms with Crippen molar-refractivity contribution in [3.8, 4) is 5.75 Å². The van der Waals surface area contributed by atoms with Gasteiger partial charge in [0.25, 0.3) is 0 Å². The highest BCUT2D eigenvalue weighted by molar-refractivity contribution is 5.32. The van der Waals surface area contributed by atoms with E-state index in [1.807, 2.05) is 10.9 Å². The molecule has 1 heterocycles. The number of aromatic nitrogens is 3. The van der Waals surface area contributed by atoms with Gasteiger partial charge in [-0.05, 0) is 37.1 Å². The van der Waals surface area contributed by atoms with Gasteiger partial charge in [0.15, 0.2) is 0 Å². The summed E-state index contributed by atoms with van der Waals surface area (Å²) in [5.41, 5.74) is 2.47. The molecule has 0 bridgehead atoms. The predicted octanol–water partition coefficient (Wildman–Crippen LogP) is 2.36. The van der Waals surface area contributed by atoms with Crippen molar-refractivity contribution in [2.75, 3.05) is 6.61 Å². The zero-order valence-corrected chi connectivity index (χ0v) is 10.3. The van der Waals surface area contributed by atoms with Crippen LogP contribution in [0, 0.1) is 13.8 Å². The van der Waals surface area contributed by atoms with E-state index in [4.69, 9.17) is 4.74 Å². The molecule has 0 fully saturated rings. The lowest BCUT2D eigenvalue weighted by molar-refractivity contribution is 0.297. The maximum absolute atomic E-state index is 5.70. The molecular weight excluding hydrogens is 214 g/mol. The van der Waals surface area contributed by atoms with E-state index in [1.54, 1.807) is 6.20 Å². The van der Waals surface area contributed by atoms with E-state index in [9.17, 15) is 0 Å². The van der Waals surface area contributed by atoms with Crippen LogP contribution in [0.1, 0.15) is 17.5 Å². The number of nitrogens with zero attached hydrogens (tertiary/aromatic N) is 3. The first-order chi connectivity index (χ1) is 8.24. The third-order valence-electron chi connectivity index (χ3n) is 2.47. The van der Waals surface area contributed by atoms with Crippen LogP contribution in [0.3, 0.4) is 0 Å². The molecule has 0 saturated carbocycles. The highest BCUT2D eigenvalue weighted by Gasteiger charge is 1.97. The van der Waals surface area contributed by atoms with Gasteiger partial charge in [0, 0.05) is 19.2 Å². The normalized spacial score (nSPS) is 10.5. The molecule has 0 saturated heterocycles. The van der Waals surface area contributed by atoms with Crippen LogP contribution >= 0.6 is 0 Å². The molecule has 0 atom stereocenters. The Morgan fingerprint density at radius 1 is 1.18 bits per heavy atom. The minimum atomic E-state index is 0.697. The van der Waals surface area contributed by atoms with Crippen LogP contribution in [0.2, 0.25) is 0 Å². The van der Waals surface area contributed by atoms with Gasteiger partial charge in [-0.25, -0.2) is 0 Å². The average molecular weight is 231 g/mol. The molecule has 17 heavy (non-hydrogen) atoms. The Labute approximate surface area is 101 Å². The number of aryl methyl sites for hydroxylation is 3. The van der Waals surface area contributed by atoms with Gasteiger partial charge in [0.2, 0.25) is 0 Å². The summed E-state index contributed by atoms with van der Waals surface area (Å²) in [5, 5.41) is 7.65. The number of hydrogen-bond acceptors (Lipinski definition) is 3. The summed E-state index contributed by atoms with van der Waals surface area (Å²) in [4.78, 5) is 0. The molecule has 2 rings (SSSR count). The first-order valence-electron chi connectivity index (χ1n) is 5.79. The zero-order chi connectivity index (χ0) is 12.1. The summed E-state index contributed by atoms with van der Waals surface area (Å²) in [6, 6.07) is 6.26. The predicted molar refractivity (Wildman–Crippen MR) is 66.1 cm³/mol. The lowest BCUT2D eigenvalue weighted by atomic mass is 10.1. The molecule has 0 N–H and O–H groups in total. The van der Waals surface area contributed by atoms with E-state index in [2.05, 4.69) is 42.4 Å². The number of hydrogen-bond donors (Lipinski definition) is 0. The molecular formula is C13H17N3O. The lowest BCUT2D eigenvalue weighted by Crippen LogP contribution is -2.05. The van der Waals surface area contributed by atoms with Crippen LogP contribution in [0.4, 0.5) is 0 Å². The quantitative estimate of drug-likeness (QED) is 0.742. The first-order valence-corrected chi connectivity index (χ1v) is 5.79. The Morgan fingerprint density at radius 3 is 2.59 bits per heavy atom. The van der Waals surface area contributed by atoms with Crippen molar-refractivity contribution in [2.24, 2.45) is 0 Å². The summed E-state index contributed by atoms with van der Waals surface area (Å²) >= 11 is 0. The van der Waals surface area contributed by atoms with Crippen LogP contribution in [0.15, 0.2) is 30.6 Å². The first kappa shape index (κ1) is 11.6. The van der Waals surface area contributed by atoms with E-state index >= 15 is 0 Å². The van der Waals surface area contributed by atoms with Gasteiger partial charge >= 0.3 is 0 Å². The number of benzene rings is 1. The minimum absolute atomic E-state index is 0.697. The highest BCUT2D eigenvalue weighted by atomic mass is 16.5. The fourth-order valence-corrected chi connectivity index (χ4v) is 1.78. The monoisotopic (exact) mass is 231 g/mol. The SMILES string of the molecule is Cc1cc(C)cc(OCCCn2ccnn2)c1. The van der Waals surface area contributed by atoms with Gasteiger partial charge in [0.1, 0.15) is 5.75 Å². The molecule has 1 aromatic heterocycles. The number of rotatable bonds is 5. The lowest BCUT2D eigenvalue weighted by Gasteiger charge is -2.08. The average Bonchev–Trinajstić information content (AvgIpc) is 2.76. The van der Waals surface area contributed by atoms with E-state index in [0.29, 0.717) is 6.61 Å². The standard InChI is InChI=1S/C13H17N3O/c1-11-8-12(2)10-13(9-11)17-7-3-5-16-6-4-14-15-16/h4,6,8-10H,3,5,7H2,1-2H3. The largest absolute Gasteiger partial charge is 0.494 e. The summed E-state index contributed by atoms with van der Waals surface area (Å²) in [5.74, 6) is 0.945. The summed E-state index contributed by atoms with van der Waals surface area (Å²) in [7, 11) is 0. The second kappa shape index (κ2) is 5.48. The number of ether oxygens (including phenoxy) is 1. The molecule has 0 radical (unpaired) electrons.